The zero-order valence-corrected chi connectivity index (χ0v) is 13.1. The van der Waals surface area contributed by atoms with Gasteiger partial charge in [-0.2, -0.15) is 0 Å². The van der Waals surface area contributed by atoms with Gasteiger partial charge in [0.25, 0.3) is 0 Å². The zero-order valence-electron chi connectivity index (χ0n) is 12.3. The molecule has 0 radical (unpaired) electrons. The molecule has 5 heteroatoms. The molecule has 1 rings (SSSR count). The van der Waals surface area contributed by atoms with Gasteiger partial charge in [0.15, 0.2) is 0 Å². The third kappa shape index (κ3) is 3.48. The molecule has 2 atom stereocenters. The van der Waals surface area contributed by atoms with Crippen LogP contribution >= 0.6 is 0 Å². The lowest BCUT2D eigenvalue weighted by Gasteiger charge is -2.21. The van der Waals surface area contributed by atoms with Crippen LogP contribution in [0.25, 0.3) is 0 Å². The minimum absolute atomic E-state index is 0.116. The van der Waals surface area contributed by atoms with Crippen molar-refractivity contribution in [2.75, 3.05) is 5.73 Å². The molecular weight excluding hydrogens is 260 g/mol. The summed E-state index contributed by atoms with van der Waals surface area (Å²) in [6.45, 7) is 9.53. The molecule has 0 aliphatic heterocycles. The predicted octanol–water partition coefficient (Wildman–Crippen LogP) is 2.60. The summed E-state index contributed by atoms with van der Waals surface area (Å²) in [5, 5.41) is 0. The van der Waals surface area contributed by atoms with Crippen molar-refractivity contribution in [2.45, 2.75) is 52.0 Å². The van der Waals surface area contributed by atoms with E-state index in [0.29, 0.717) is 11.3 Å². The van der Waals surface area contributed by atoms with E-state index >= 15 is 0 Å². The number of benzene rings is 1. The molecule has 4 nitrogen and oxygen atoms in total. The molecule has 0 amide bonds. The normalized spacial score (nSPS) is 15.2. The van der Waals surface area contributed by atoms with Crippen LogP contribution in [0, 0.1) is 19.8 Å². The van der Waals surface area contributed by atoms with Gasteiger partial charge in [-0.15, -0.1) is 0 Å². The fraction of sp³-hybridized carbons (Fsp3) is 0.571. The van der Waals surface area contributed by atoms with Crippen LogP contribution in [0.4, 0.5) is 5.69 Å². The predicted molar refractivity (Wildman–Crippen MR) is 79.6 cm³/mol. The number of hydrogen-bond donors (Lipinski definition) is 2. The Bertz CT molecular complexity index is 553. The third-order valence-electron chi connectivity index (χ3n) is 3.72. The number of aryl methyl sites for hydroxylation is 2. The van der Waals surface area contributed by atoms with Crippen LogP contribution < -0.4 is 10.5 Å². The van der Waals surface area contributed by atoms with Gasteiger partial charge in [0, 0.05) is 6.04 Å². The standard InChI is InChI=1S/C14H24N2O2S/c1-6-9(2)12(5)16-19(17,18)14-11(4)8-7-10(3)13(14)15/h7-9,12,16H,6,15H2,1-5H3. The first-order valence-electron chi connectivity index (χ1n) is 6.58. The highest BCUT2D eigenvalue weighted by Crippen LogP contribution is 2.26. The summed E-state index contributed by atoms with van der Waals surface area (Å²) in [5.41, 5.74) is 7.72. The lowest BCUT2D eigenvalue weighted by molar-refractivity contribution is 0.434. The number of nitrogen functional groups attached to an aromatic ring is 1. The molecule has 0 fully saturated rings. The van der Waals surface area contributed by atoms with Gasteiger partial charge in [-0.05, 0) is 37.8 Å². The first-order chi connectivity index (χ1) is 8.70. The Hall–Kier alpha value is -1.07. The van der Waals surface area contributed by atoms with Crippen molar-refractivity contribution >= 4 is 15.7 Å². The molecule has 1 aromatic carbocycles. The van der Waals surface area contributed by atoms with Crippen molar-refractivity contribution in [3.63, 3.8) is 0 Å². The number of sulfonamides is 1. The van der Waals surface area contributed by atoms with E-state index in [-0.39, 0.29) is 16.9 Å². The Morgan fingerprint density at radius 1 is 1.21 bits per heavy atom. The molecule has 108 valence electrons. The molecular formula is C14H24N2O2S. The Morgan fingerprint density at radius 3 is 2.26 bits per heavy atom. The highest BCUT2D eigenvalue weighted by atomic mass is 32.2. The van der Waals surface area contributed by atoms with Crippen LogP contribution in [0.3, 0.4) is 0 Å². The average molecular weight is 284 g/mol. The largest absolute Gasteiger partial charge is 0.397 e. The van der Waals surface area contributed by atoms with Crippen molar-refractivity contribution in [1.82, 2.24) is 4.72 Å². The van der Waals surface area contributed by atoms with Gasteiger partial charge in [-0.25, -0.2) is 13.1 Å². The zero-order chi connectivity index (χ0) is 14.8. The molecule has 0 saturated carbocycles. The highest BCUT2D eigenvalue weighted by Gasteiger charge is 2.24. The molecule has 0 aliphatic carbocycles. The first-order valence-corrected chi connectivity index (χ1v) is 8.07. The van der Waals surface area contributed by atoms with Gasteiger partial charge in [-0.1, -0.05) is 32.4 Å². The molecule has 0 aliphatic rings. The maximum Gasteiger partial charge on any atom is 0.243 e. The van der Waals surface area contributed by atoms with E-state index in [2.05, 4.69) is 4.72 Å². The van der Waals surface area contributed by atoms with Crippen LogP contribution in [0.15, 0.2) is 17.0 Å². The number of anilines is 1. The van der Waals surface area contributed by atoms with Gasteiger partial charge in [0.05, 0.1) is 5.69 Å². The van der Waals surface area contributed by atoms with E-state index in [1.54, 1.807) is 13.0 Å². The molecule has 0 spiro atoms. The molecule has 19 heavy (non-hydrogen) atoms. The molecule has 1 aromatic rings. The quantitative estimate of drug-likeness (QED) is 0.816. The van der Waals surface area contributed by atoms with Crippen LogP contribution in [-0.2, 0) is 10.0 Å². The SMILES string of the molecule is CCC(C)C(C)NS(=O)(=O)c1c(C)ccc(C)c1N. The second kappa shape index (κ2) is 5.92. The molecule has 0 saturated heterocycles. The topological polar surface area (TPSA) is 72.2 Å². The van der Waals surface area contributed by atoms with Crippen molar-refractivity contribution in [3.05, 3.63) is 23.3 Å². The summed E-state index contributed by atoms with van der Waals surface area (Å²) in [7, 11) is -3.57. The van der Waals surface area contributed by atoms with E-state index in [1.165, 1.54) is 0 Å². The number of hydrogen-bond acceptors (Lipinski definition) is 3. The van der Waals surface area contributed by atoms with Crippen LogP contribution in [0.5, 0.6) is 0 Å². The molecule has 0 bridgehead atoms. The minimum atomic E-state index is -3.57. The first kappa shape index (κ1) is 16.0. The smallest absolute Gasteiger partial charge is 0.243 e. The second-order valence-corrected chi connectivity index (χ2v) is 6.89. The van der Waals surface area contributed by atoms with Crippen LogP contribution in [0.1, 0.15) is 38.3 Å². The van der Waals surface area contributed by atoms with E-state index < -0.39 is 10.0 Å². The maximum atomic E-state index is 12.5. The van der Waals surface area contributed by atoms with Gasteiger partial charge < -0.3 is 5.73 Å². The summed E-state index contributed by atoms with van der Waals surface area (Å²) in [6.07, 6.45) is 0.923. The Morgan fingerprint density at radius 2 is 1.74 bits per heavy atom. The van der Waals surface area contributed by atoms with Gasteiger partial charge in [-0.3, -0.25) is 0 Å². The lowest BCUT2D eigenvalue weighted by atomic mass is 10.0. The summed E-state index contributed by atoms with van der Waals surface area (Å²) in [4.78, 5) is 0.211. The van der Waals surface area contributed by atoms with Gasteiger partial charge >= 0.3 is 0 Å². The summed E-state index contributed by atoms with van der Waals surface area (Å²) in [5.74, 6) is 0.279. The average Bonchev–Trinajstić information content (AvgIpc) is 2.32. The molecule has 2 unspecified atom stereocenters. The summed E-state index contributed by atoms with van der Waals surface area (Å²) in [6, 6.07) is 3.50. The Labute approximate surface area is 116 Å². The summed E-state index contributed by atoms with van der Waals surface area (Å²) < 4.78 is 27.7. The number of rotatable bonds is 5. The van der Waals surface area contributed by atoms with Crippen LogP contribution in [0.2, 0.25) is 0 Å². The lowest BCUT2D eigenvalue weighted by Crippen LogP contribution is -2.37. The fourth-order valence-corrected chi connectivity index (χ4v) is 3.72. The second-order valence-electron chi connectivity index (χ2n) is 5.24. The molecule has 0 heterocycles. The monoisotopic (exact) mass is 284 g/mol. The maximum absolute atomic E-state index is 12.5. The van der Waals surface area contributed by atoms with Crippen molar-refractivity contribution in [3.8, 4) is 0 Å². The van der Waals surface area contributed by atoms with Crippen molar-refractivity contribution < 1.29 is 8.42 Å². The highest BCUT2D eigenvalue weighted by molar-refractivity contribution is 7.89. The number of nitrogens with one attached hydrogen (secondary N) is 1. The van der Waals surface area contributed by atoms with E-state index in [4.69, 9.17) is 5.73 Å². The van der Waals surface area contributed by atoms with Crippen LogP contribution in [-0.4, -0.2) is 14.5 Å². The van der Waals surface area contributed by atoms with E-state index in [0.717, 1.165) is 12.0 Å². The molecule has 3 N–H and O–H groups in total. The number of nitrogens with two attached hydrogens (primary N) is 1. The minimum Gasteiger partial charge on any atom is -0.397 e. The van der Waals surface area contributed by atoms with E-state index in [9.17, 15) is 8.42 Å². The third-order valence-corrected chi connectivity index (χ3v) is 5.48. The van der Waals surface area contributed by atoms with E-state index in [1.807, 2.05) is 33.8 Å². The summed E-state index contributed by atoms with van der Waals surface area (Å²) >= 11 is 0. The van der Waals surface area contributed by atoms with Crippen molar-refractivity contribution in [1.29, 1.82) is 0 Å². The van der Waals surface area contributed by atoms with Gasteiger partial charge in [0.2, 0.25) is 10.0 Å². The molecule has 0 aromatic heterocycles. The Balaban J connectivity index is 3.18. The fourth-order valence-electron chi connectivity index (χ4n) is 1.94. The Kier molecular flexibility index (Phi) is 4.98. The van der Waals surface area contributed by atoms with Gasteiger partial charge in [0.1, 0.15) is 4.90 Å². The van der Waals surface area contributed by atoms with Crippen molar-refractivity contribution in [2.24, 2.45) is 5.92 Å².